The Labute approximate surface area is 181 Å². The molecule has 0 saturated carbocycles. The second-order valence-corrected chi connectivity index (χ2v) is 8.93. The molecule has 1 saturated heterocycles. The van der Waals surface area contributed by atoms with E-state index in [0.29, 0.717) is 18.8 Å². The van der Waals surface area contributed by atoms with Crippen molar-refractivity contribution < 1.29 is 22.7 Å². The van der Waals surface area contributed by atoms with Crippen LogP contribution in [0.1, 0.15) is 11.1 Å². The van der Waals surface area contributed by atoms with E-state index in [1.165, 1.54) is 9.71 Å². The van der Waals surface area contributed by atoms with Crippen LogP contribution in [0.5, 0.6) is 5.75 Å². The molecular weight excluding hydrogens is 418 g/mol. The predicted molar refractivity (Wildman–Crippen MR) is 117 cm³/mol. The summed E-state index contributed by atoms with van der Waals surface area (Å²) >= 11 is 0. The molecule has 9 heteroatoms. The first-order valence-electron chi connectivity index (χ1n) is 9.84. The van der Waals surface area contributed by atoms with Crippen molar-refractivity contribution in [3.8, 4) is 5.75 Å². The molecule has 1 fully saturated rings. The van der Waals surface area contributed by atoms with Crippen molar-refractivity contribution >= 4 is 27.9 Å². The van der Waals surface area contributed by atoms with Gasteiger partial charge in [-0.2, -0.15) is 4.31 Å². The van der Waals surface area contributed by atoms with Crippen molar-refractivity contribution in [2.75, 3.05) is 32.8 Å². The normalized spacial score (nSPS) is 15.2. The highest BCUT2D eigenvalue weighted by atomic mass is 32.2. The summed E-state index contributed by atoms with van der Waals surface area (Å²) in [6, 6.07) is 16.0. The molecule has 164 valence electrons. The van der Waals surface area contributed by atoms with Crippen molar-refractivity contribution in [2.24, 2.45) is 5.73 Å². The maximum absolute atomic E-state index is 12.5. The molecule has 2 N–H and O–H groups in total. The van der Waals surface area contributed by atoms with Crippen LogP contribution in [0.4, 0.5) is 0 Å². The Bertz CT molecular complexity index is 1030. The number of piperazine rings is 1. The molecule has 3 rings (SSSR count). The van der Waals surface area contributed by atoms with Crippen LogP contribution in [0, 0.1) is 0 Å². The Balaban J connectivity index is 1.47. The Kier molecular flexibility index (Phi) is 7.43. The number of hydrogen-bond donors (Lipinski definition) is 1. The van der Waals surface area contributed by atoms with Crippen LogP contribution in [-0.2, 0) is 26.0 Å². The Morgan fingerprint density at radius 2 is 1.61 bits per heavy atom. The van der Waals surface area contributed by atoms with Gasteiger partial charge in [-0.3, -0.25) is 9.59 Å². The molecule has 0 bridgehead atoms. The molecule has 0 aromatic heterocycles. The SMILES string of the molecule is NC(=O)Cc1ccc(OCC(=O)N2CCN(S(=O)(=O)/C=C/c3ccccc3)CC2)cc1. The fourth-order valence-electron chi connectivity index (χ4n) is 3.15. The van der Waals surface area contributed by atoms with Gasteiger partial charge in [0, 0.05) is 31.6 Å². The number of hydrogen-bond acceptors (Lipinski definition) is 5. The summed E-state index contributed by atoms with van der Waals surface area (Å²) in [5, 5.41) is 1.20. The number of benzene rings is 2. The fraction of sp³-hybridized carbons (Fsp3) is 0.273. The number of sulfonamides is 1. The van der Waals surface area contributed by atoms with Gasteiger partial charge in [0.1, 0.15) is 5.75 Å². The first kappa shape index (κ1) is 22.5. The highest BCUT2D eigenvalue weighted by molar-refractivity contribution is 7.92. The third-order valence-electron chi connectivity index (χ3n) is 4.85. The van der Waals surface area contributed by atoms with E-state index in [-0.39, 0.29) is 32.0 Å². The van der Waals surface area contributed by atoms with Gasteiger partial charge in [-0.25, -0.2) is 8.42 Å². The van der Waals surface area contributed by atoms with Gasteiger partial charge >= 0.3 is 0 Å². The fourth-order valence-corrected chi connectivity index (χ4v) is 4.32. The Morgan fingerprint density at radius 3 is 2.23 bits per heavy atom. The number of carbonyl (C=O) groups excluding carboxylic acids is 2. The summed E-state index contributed by atoms with van der Waals surface area (Å²) in [5.74, 6) is -0.118. The molecule has 0 radical (unpaired) electrons. The molecule has 0 aliphatic carbocycles. The summed E-state index contributed by atoms with van der Waals surface area (Å²) in [6.45, 7) is 0.927. The second kappa shape index (κ2) is 10.2. The van der Waals surface area contributed by atoms with Crippen molar-refractivity contribution in [3.05, 3.63) is 71.1 Å². The van der Waals surface area contributed by atoms with E-state index < -0.39 is 15.9 Å². The number of nitrogens with two attached hydrogens (primary N) is 1. The zero-order chi connectivity index (χ0) is 22.3. The maximum atomic E-state index is 12.5. The van der Waals surface area contributed by atoms with Crippen LogP contribution < -0.4 is 10.5 Å². The van der Waals surface area contributed by atoms with Crippen molar-refractivity contribution in [2.45, 2.75) is 6.42 Å². The average Bonchev–Trinajstić information content (AvgIpc) is 2.77. The highest BCUT2D eigenvalue weighted by Crippen LogP contribution is 2.14. The minimum absolute atomic E-state index is 0.143. The molecule has 1 aliphatic heterocycles. The lowest BCUT2D eigenvalue weighted by Gasteiger charge is -2.33. The lowest BCUT2D eigenvalue weighted by atomic mass is 10.1. The molecule has 1 aliphatic rings. The van der Waals surface area contributed by atoms with E-state index in [1.54, 1.807) is 35.2 Å². The minimum Gasteiger partial charge on any atom is -0.484 e. The van der Waals surface area contributed by atoms with Crippen LogP contribution in [-0.4, -0.2) is 62.2 Å². The molecule has 2 amide bonds. The molecule has 1 heterocycles. The molecule has 8 nitrogen and oxygen atoms in total. The number of ether oxygens (including phenoxy) is 1. The summed E-state index contributed by atoms with van der Waals surface area (Å²) < 4.78 is 31.9. The summed E-state index contributed by atoms with van der Waals surface area (Å²) in [4.78, 5) is 24.9. The van der Waals surface area contributed by atoms with Gasteiger partial charge in [0.05, 0.1) is 6.42 Å². The van der Waals surface area contributed by atoms with Gasteiger partial charge < -0.3 is 15.4 Å². The van der Waals surface area contributed by atoms with Gasteiger partial charge in [-0.05, 0) is 29.3 Å². The topological polar surface area (TPSA) is 110 Å². The lowest BCUT2D eigenvalue weighted by molar-refractivity contribution is -0.134. The Hall–Kier alpha value is -3.17. The van der Waals surface area contributed by atoms with E-state index >= 15 is 0 Å². The van der Waals surface area contributed by atoms with Gasteiger partial charge in [-0.1, -0.05) is 42.5 Å². The smallest absolute Gasteiger partial charge is 0.260 e. The highest BCUT2D eigenvalue weighted by Gasteiger charge is 2.27. The predicted octanol–water partition coefficient (Wildman–Crippen LogP) is 1.24. The van der Waals surface area contributed by atoms with E-state index in [0.717, 1.165) is 11.1 Å². The summed E-state index contributed by atoms with van der Waals surface area (Å²) in [6.07, 6.45) is 1.71. The minimum atomic E-state index is -3.55. The van der Waals surface area contributed by atoms with Gasteiger partial charge in [0.15, 0.2) is 6.61 Å². The second-order valence-electron chi connectivity index (χ2n) is 7.11. The summed E-state index contributed by atoms with van der Waals surface area (Å²) in [5.41, 5.74) is 6.73. The molecular formula is C22H25N3O5S. The lowest BCUT2D eigenvalue weighted by Crippen LogP contribution is -2.51. The molecule has 31 heavy (non-hydrogen) atoms. The van der Waals surface area contributed by atoms with E-state index in [4.69, 9.17) is 10.5 Å². The molecule has 0 spiro atoms. The largest absolute Gasteiger partial charge is 0.484 e. The van der Waals surface area contributed by atoms with Crippen LogP contribution in [0.3, 0.4) is 0 Å². The molecule has 0 atom stereocenters. The maximum Gasteiger partial charge on any atom is 0.260 e. The third-order valence-corrected chi connectivity index (χ3v) is 6.41. The van der Waals surface area contributed by atoms with Gasteiger partial charge in [0.25, 0.3) is 5.91 Å². The van der Waals surface area contributed by atoms with Crippen LogP contribution in [0.15, 0.2) is 60.0 Å². The van der Waals surface area contributed by atoms with Crippen molar-refractivity contribution in [1.29, 1.82) is 0 Å². The number of nitrogens with zero attached hydrogens (tertiary/aromatic N) is 2. The first-order valence-corrected chi connectivity index (χ1v) is 11.3. The van der Waals surface area contributed by atoms with Crippen LogP contribution in [0.25, 0.3) is 6.08 Å². The molecule has 2 aromatic carbocycles. The van der Waals surface area contributed by atoms with Crippen LogP contribution >= 0.6 is 0 Å². The number of primary amides is 1. The Morgan fingerprint density at radius 1 is 0.968 bits per heavy atom. The number of rotatable bonds is 8. The molecule has 0 unspecified atom stereocenters. The standard InChI is InChI=1S/C22H25N3O5S/c23-21(26)16-19-6-8-20(9-7-19)30-17-22(27)24-11-13-25(14-12-24)31(28,29)15-10-18-4-2-1-3-5-18/h1-10,15H,11-14,16-17H2,(H2,23,26)/b15-10+. The zero-order valence-electron chi connectivity index (χ0n) is 17.0. The van der Waals surface area contributed by atoms with Crippen LogP contribution in [0.2, 0.25) is 0 Å². The molecule has 2 aromatic rings. The van der Waals surface area contributed by atoms with E-state index in [1.807, 2.05) is 30.3 Å². The van der Waals surface area contributed by atoms with E-state index in [9.17, 15) is 18.0 Å². The first-order chi connectivity index (χ1) is 14.8. The quantitative estimate of drug-likeness (QED) is 0.660. The third kappa shape index (κ3) is 6.66. The zero-order valence-corrected chi connectivity index (χ0v) is 17.8. The number of amides is 2. The number of carbonyl (C=O) groups is 2. The van der Waals surface area contributed by atoms with Gasteiger partial charge in [0.2, 0.25) is 15.9 Å². The van der Waals surface area contributed by atoms with Crippen molar-refractivity contribution in [3.63, 3.8) is 0 Å². The van der Waals surface area contributed by atoms with E-state index in [2.05, 4.69) is 0 Å². The average molecular weight is 444 g/mol. The van der Waals surface area contributed by atoms with Gasteiger partial charge in [-0.15, -0.1) is 0 Å². The van der Waals surface area contributed by atoms with Crippen molar-refractivity contribution in [1.82, 2.24) is 9.21 Å². The monoisotopic (exact) mass is 443 g/mol. The summed E-state index contributed by atoms with van der Waals surface area (Å²) in [7, 11) is -3.55.